The highest BCUT2D eigenvalue weighted by Gasteiger charge is 2.18. The van der Waals surface area contributed by atoms with E-state index in [0.29, 0.717) is 12.5 Å². The number of benzene rings is 1. The van der Waals surface area contributed by atoms with Crippen LogP contribution in [0, 0.1) is 12.8 Å². The first-order valence-electron chi connectivity index (χ1n) is 6.61. The molecule has 0 fully saturated rings. The van der Waals surface area contributed by atoms with Gasteiger partial charge in [0.15, 0.2) is 0 Å². The number of aliphatic hydroxyl groups excluding tert-OH is 1. The van der Waals surface area contributed by atoms with Gasteiger partial charge in [-0.2, -0.15) is 0 Å². The first-order chi connectivity index (χ1) is 8.65. The molecule has 0 bridgehead atoms. The molecule has 18 heavy (non-hydrogen) atoms. The average molecular weight is 251 g/mol. The van der Waals surface area contributed by atoms with Crippen molar-refractivity contribution >= 4 is 0 Å². The molecule has 3 heteroatoms. The Bertz CT molecular complexity index is 362. The van der Waals surface area contributed by atoms with Gasteiger partial charge in [0.1, 0.15) is 5.75 Å². The van der Waals surface area contributed by atoms with Crippen molar-refractivity contribution in [1.82, 2.24) is 0 Å². The number of hydrogen-bond acceptors (Lipinski definition) is 3. The third-order valence-corrected chi connectivity index (χ3v) is 3.53. The van der Waals surface area contributed by atoms with Gasteiger partial charge in [0, 0.05) is 6.61 Å². The summed E-state index contributed by atoms with van der Waals surface area (Å²) in [4.78, 5) is 0. The van der Waals surface area contributed by atoms with Gasteiger partial charge in [-0.15, -0.1) is 0 Å². The molecule has 1 aromatic carbocycles. The molecule has 0 spiro atoms. The maximum atomic E-state index is 9.29. The summed E-state index contributed by atoms with van der Waals surface area (Å²) in [6.07, 6.45) is 1.93. The number of aryl methyl sites for hydroxylation is 1. The topological polar surface area (TPSA) is 55.5 Å². The molecule has 1 aromatic rings. The lowest BCUT2D eigenvalue weighted by Gasteiger charge is -2.22. The fourth-order valence-corrected chi connectivity index (χ4v) is 2.33. The molecule has 0 saturated carbocycles. The maximum Gasteiger partial charge on any atom is 0.122 e. The van der Waals surface area contributed by atoms with Crippen LogP contribution < -0.4 is 10.5 Å². The number of ether oxygens (including phenoxy) is 1. The van der Waals surface area contributed by atoms with E-state index in [2.05, 4.69) is 26.0 Å². The summed E-state index contributed by atoms with van der Waals surface area (Å²) in [5.74, 6) is 1.49. The van der Waals surface area contributed by atoms with Crippen LogP contribution >= 0.6 is 0 Å². The maximum absolute atomic E-state index is 9.29. The molecule has 0 heterocycles. The first kappa shape index (κ1) is 15.0. The van der Waals surface area contributed by atoms with Crippen LogP contribution in [0.15, 0.2) is 18.2 Å². The number of aliphatic hydroxyl groups is 1. The predicted molar refractivity (Wildman–Crippen MR) is 75.0 cm³/mol. The first-order valence-corrected chi connectivity index (χ1v) is 6.61. The minimum atomic E-state index is 0.154. The molecular weight excluding hydrogens is 226 g/mol. The monoisotopic (exact) mass is 251 g/mol. The average Bonchev–Trinajstić information content (AvgIpc) is 2.40. The zero-order chi connectivity index (χ0) is 13.5. The Kier molecular flexibility index (Phi) is 6.16. The molecule has 0 aromatic heterocycles. The molecule has 0 aliphatic carbocycles. The van der Waals surface area contributed by atoms with Gasteiger partial charge in [-0.05, 0) is 49.8 Å². The van der Waals surface area contributed by atoms with Crippen LogP contribution in [0.2, 0.25) is 0 Å². The highest BCUT2D eigenvalue weighted by Crippen LogP contribution is 2.34. The van der Waals surface area contributed by atoms with Crippen LogP contribution in [-0.4, -0.2) is 25.4 Å². The van der Waals surface area contributed by atoms with Crippen LogP contribution in [0.5, 0.6) is 5.75 Å². The molecule has 0 saturated heterocycles. The number of methoxy groups -OCH3 is 1. The predicted octanol–water partition coefficient (Wildman–Crippen LogP) is 2.45. The molecule has 3 N–H and O–H groups in total. The summed E-state index contributed by atoms with van der Waals surface area (Å²) in [6.45, 7) is 4.93. The molecule has 2 atom stereocenters. The fraction of sp³-hybridized carbons (Fsp3) is 0.600. The Morgan fingerprint density at radius 1 is 1.39 bits per heavy atom. The van der Waals surface area contributed by atoms with E-state index in [1.807, 2.05) is 6.07 Å². The molecule has 0 radical (unpaired) electrons. The van der Waals surface area contributed by atoms with Crippen LogP contribution in [0.3, 0.4) is 0 Å². The number of rotatable bonds is 7. The second-order valence-electron chi connectivity index (χ2n) is 4.87. The van der Waals surface area contributed by atoms with Crippen molar-refractivity contribution < 1.29 is 9.84 Å². The Labute approximate surface area is 110 Å². The SMILES string of the molecule is CCC(CC(CN)CO)c1cc(C)ccc1OC. The van der Waals surface area contributed by atoms with E-state index in [0.717, 1.165) is 18.6 Å². The zero-order valence-electron chi connectivity index (χ0n) is 11.6. The lowest BCUT2D eigenvalue weighted by atomic mass is 9.86. The van der Waals surface area contributed by atoms with Crippen molar-refractivity contribution in [1.29, 1.82) is 0 Å². The lowest BCUT2D eigenvalue weighted by molar-refractivity contribution is 0.214. The second kappa shape index (κ2) is 7.39. The Hall–Kier alpha value is -1.06. The minimum Gasteiger partial charge on any atom is -0.496 e. The molecule has 0 amide bonds. The zero-order valence-corrected chi connectivity index (χ0v) is 11.6. The van der Waals surface area contributed by atoms with E-state index in [4.69, 9.17) is 10.5 Å². The van der Waals surface area contributed by atoms with Crippen molar-refractivity contribution in [3.8, 4) is 5.75 Å². The standard InChI is InChI=1S/C15H25NO2/c1-4-13(8-12(9-16)10-17)14-7-11(2)5-6-15(14)18-3/h5-7,12-13,17H,4,8-10,16H2,1-3H3. The minimum absolute atomic E-state index is 0.154. The molecule has 0 aliphatic rings. The van der Waals surface area contributed by atoms with Crippen LogP contribution in [0.25, 0.3) is 0 Å². The van der Waals surface area contributed by atoms with Crippen LogP contribution in [-0.2, 0) is 0 Å². The van der Waals surface area contributed by atoms with E-state index in [9.17, 15) is 5.11 Å². The van der Waals surface area contributed by atoms with Crippen molar-refractivity contribution in [3.05, 3.63) is 29.3 Å². The molecule has 2 unspecified atom stereocenters. The third kappa shape index (κ3) is 3.72. The van der Waals surface area contributed by atoms with E-state index in [1.165, 1.54) is 11.1 Å². The highest BCUT2D eigenvalue weighted by atomic mass is 16.5. The summed E-state index contributed by atoms with van der Waals surface area (Å²) in [6, 6.07) is 6.25. The van der Waals surface area contributed by atoms with Gasteiger partial charge in [0.25, 0.3) is 0 Å². The van der Waals surface area contributed by atoms with Crippen LogP contribution in [0.4, 0.5) is 0 Å². The third-order valence-electron chi connectivity index (χ3n) is 3.53. The molecule has 102 valence electrons. The normalized spacial score (nSPS) is 14.3. The largest absolute Gasteiger partial charge is 0.496 e. The van der Waals surface area contributed by atoms with E-state index < -0.39 is 0 Å². The van der Waals surface area contributed by atoms with Crippen molar-refractivity contribution in [2.24, 2.45) is 11.7 Å². The quantitative estimate of drug-likeness (QED) is 0.782. The molecule has 3 nitrogen and oxygen atoms in total. The fourth-order valence-electron chi connectivity index (χ4n) is 2.33. The van der Waals surface area contributed by atoms with E-state index in [1.54, 1.807) is 7.11 Å². The summed E-state index contributed by atoms with van der Waals surface area (Å²) >= 11 is 0. The molecular formula is C15H25NO2. The van der Waals surface area contributed by atoms with E-state index in [-0.39, 0.29) is 12.5 Å². The summed E-state index contributed by atoms with van der Waals surface area (Å²) < 4.78 is 5.44. The Morgan fingerprint density at radius 3 is 2.61 bits per heavy atom. The van der Waals surface area contributed by atoms with Gasteiger partial charge in [0.05, 0.1) is 7.11 Å². The smallest absolute Gasteiger partial charge is 0.122 e. The van der Waals surface area contributed by atoms with Gasteiger partial charge in [-0.3, -0.25) is 0 Å². The number of nitrogens with two attached hydrogens (primary N) is 1. The van der Waals surface area contributed by atoms with E-state index >= 15 is 0 Å². The molecule has 1 rings (SSSR count). The summed E-state index contributed by atoms with van der Waals surface area (Å²) in [5.41, 5.74) is 8.14. The van der Waals surface area contributed by atoms with Crippen LogP contribution in [0.1, 0.15) is 36.8 Å². The van der Waals surface area contributed by atoms with Crippen molar-refractivity contribution in [3.63, 3.8) is 0 Å². The lowest BCUT2D eigenvalue weighted by Crippen LogP contribution is -2.21. The van der Waals surface area contributed by atoms with Gasteiger partial charge in [-0.1, -0.05) is 24.6 Å². The van der Waals surface area contributed by atoms with Gasteiger partial charge in [-0.25, -0.2) is 0 Å². The van der Waals surface area contributed by atoms with Crippen molar-refractivity contribution in [2.45, 2.75) is 32.6 Å². The van der Waals surface area contributed by atoms with Gasteiger partial charge >= 0.3 is 0 Å². The van der Waals surface area contributed by atoms with Gasteiger partial charge < -0.3 is 15.6 Å². The van der Waals surface area contributed by atoms with Gasteiger partial charge in [0.2, 0.25) is 0 Å². The Morgan fingerprint density at radius 2 is 2.11 bits per heavy atom. The Balaban J connectivity index is 2.96. The number of hydrogen-bond donors (Lipinski definition) is 2. The summed E-state index contributed by atoms with van der Waals surface area (Å²) in [7, 11) is 1.70. The van der Waals surface area contributed by atoms with Crippen molar-refractivity contribution in [2.75, 3.05) is 20.3 Å². The second-order valence-corrected chi connectivity index (χ2v) is 4.87. The summed E-state index contributed by atoms with van der Waals surface area (Å²) in [5, 5.41) is 9.29. The molecule has 0 aliphatic heterocycles. The highest BCUT2D eigenvalue weighted by molar-refractivity contribution is 5.39.